The predicted molar refractivity (Wildman–Crippen MR) is 97.4 cm³/mol. The van der Waals surface area contributed by atoms with E-state index >= 15 is 0 Å². The van der Waals surface area contributed by atoms with Crippen molar-refractivity contribution in [2.24, 2.45) is 0 Å². The Kier molecular flexibility index (Phi) is 9.80. The van der Waals surface area contributed by atoms with E-state index in [0.29, 0.717) is 6.54 Å². The number of halogens is 3. The molecule has 1 N–H and O–H groups in total. The van der Waals surface area contributed by atoms with Crippen LogP contribution in [0.5, 0.6) is 5.75 Å². The van der Waals surface area contributed by atoms with Gasteiger partial charge < -0.3 is 4.74 Å². The average molecular weight is 369 g/mol. The summed E-state index contributed by atoms with van der Waals surface area (Å²) in [7, 11) is 0. The van der Waals surface area contributed by atoms with Crippen LogP contribution in [0.25, 0.3) is 0 Å². The number of rotatable bonds is 7. The lowest BCUT2D eigenvalue weighted by Gasteiger charge is -2.09. The van der Waals surface area contributed by atoms with Crippen LogP contribution in [0.15, 0.2) is 72.1 Å². The van der Waals surface area contributed by atoms with Crippen LogP contribution < -0.4 is 9.46 Å². The largest absolute Gasteiger partial charge is 0.573 e. The van der Waals surface area contributed by atoms with E-state index in [2.05, 4.69) is 23.0 Å². The third kappa shape index (κ3) is 10.5. The number of nitrogens with one attached hydrogen (secondary N) is 1. The van der Waals surface area contributed by atoms with Crippen molar-refractivity contribution >= 4 is 11.9 Å². The Morgan fingerprint density at radius 2 is 1.72 bits per heavy atom. The molecule has 2 rings (SSSR count). The Labute approximate surface area is 151 Å². The van der Waals surface area contributed by atoms with Crippen molar-refractivity contribution in [3.05, 3.63) is 72.8 Å². The summed E-state index contributed by atoms with van der Waals surface area (Å²) < 4.78 is 42.9. The highest BCUT2D eigenvalue weighted by Crippen LogP contribution is 2.25. The van der Waals surface area contributed by atoms with Crippen LogP contribution in [0.3, 0.4) is 0 Å². The maximum atomic E-state index is 12.0. The molecular weight excluding hydrogens is 347 g/mol. The molecule has 2 nitrogen and oxygen atoms in total. The summed E-state index contributed by atoms with van der Waals surface area (Å²) in [6.07, 6.45) is -0.344. The first-order chi connectivity index (χ1) is 11.9. The van der Waals surface area contributed by atoms with Gasteiger partial charge in [-0.25, -0.2) is 0 Å². The van der Waals surface area contributed by atoms with Gasteiger partial charge in [-0.3, -0.25) is 4.72 Å². The van der Waals surface area contributed by atoms with Gasteiger partial charge in [0.2, 0.25) is 0 Å². The molecule has 0 amide bonds. The number of alkyl halides is 3. The van der Waals surface area contributed by atoms with Gasteiger partial charge in [0, 0.05) is 11.4 Å². The zero-order valence-electron chi connectivity index (χ0n) is 14.1. The lowest BCUT2D eigenvalue weighted by Crippen LogP contribution is -2.16. The van der Waals surface area contributed by atoms with E-state index in [9.17, 15) is 13.2 Å². The van der Waals surface area contributed by atoms with Crippen LogP contribution in [0.4, 0.5) is 13.2 Å². The summed E-state index contributed by atoms with van der Waals surface area (Å²) in [6, 6.07) is 15.6. The standard InChI is InChI=1S/C14H12F3NOS.C5H10/c15-14(16,17)19-12-6-8-13(9-7-12)20-18-10-11-4-2-1-3-5-11;1-3-5-4-2/h1-9,18H,10H2;3H,1,4-5H2,2H3. The third-order valence-electron chi connectivity index (χ3n) is 2.86. The van der Waals surface area contributed by atoms with Crippen LogP contribution >= 0.6 is 11.9 Å². The molecule has 6 heteroatoms. The molecule has 25 heavy (non-hydrogen) atoms. The molecule has 0 radical (unpaired) electrons. The minimum absolute atomic E-state index is 0.218. The van der Waals surface area contributed by atoms with E-state index < -0.39 is 6.36 Å². The van der Waals surface area contributed by atoms with Gasteiger partial charge in [-0.2, -0.15) is 0 Å². The van der Waals surface area contributed by atoms with Crippen molar-refractivity contribution in [2.45, 2.75) is 37.6 Å². The molecule has 0 aliphatic rings. The first-order valence-electron chi connectivity index (χ1n) is 7.85. The van der Waals surface area contributed by atoms with E-state index in [1.165, 1.54) is 30.5 Å². The minimum atomic E-state index is -4.65. The maximum absolute atomic E-state index is 12.0. The number of hydrogen-bond donors (Lipinski definition) is 1. The van der Waals surface area contributed by atoms with Crippen molar-refractivity contribution in [3.63, 3.8) is 0 Å². The predicted octanol–water partition coefficient (Wildman–Crippen LogP) is 6.35. The smallest absolute Gasteiger partial charge is 0.406 e. The molecule has 0 saturated heterocycles. The molecule has 0 aliphatic carbocycles. The van der Waals surface area contributed by atoms with Crippen molar-refractivity contribution in [1.82, 2.24) is 4.72 Å². The molecule has 0 aromatic heterocycles. The first-order valence-corrected chi connectivity index (χ1v) is 8.66. The molecule has 0 heterocycles. The molecule has 136 valence electrons. The highest BCUT2D eigenvalue weighted by atomic mass is 32.2. The monoisotopic (exact) mass is 369 g/mol. The molecule has 0 atom stereocenters. The summed E-state index contributed by atoms with van der Waals surface area (Å²) >= 11 is 1.36. The van der Waals surface area contributed by atoms with E-state index in [0.717, 1.165) is 16.9 Å². The minimum Gasteiger partial charge on any atom is -0.406 e. The number of benzene rings is 2. The SMILES string of the molecule is C=CCCC.FC(F)(F)Oc1ccc(SNCc2ccccc2)cc1. The Bertz CT molecular complexity index is 600. The zero-order chi connectivity index (χ0) is 18.5. The van der Waals surface area contributed by atoms with Crippen LogP contribution in [0, 0.1) is 0 Å². The van der Waals surface area contributed by atoms with Gasteiger partial charge in [0.05, 0.1) is 0 Å². The van der Waals surface area contributed by atoms with Gasteiger partial charge in [0.25, 0.3) is 0 Å². The van der Waals surface area contributed by atoms with E-state index in [-0.39, 0.29) is 5.75 Å². The van der Waals surface area contributed by atoms with E-state index in [4.69, 9.17) is 0 Å². The lowest BCUT2D eigenvalue weighted by molar-refractivity contribution is -0.274. The summed E-state index contributed by atoms with van der Waals surface area (Å²) in [6.45, 7) is 6.36. The third-order valence-corrected chi connectivity index (χ3v) is 3.66. The molecular formula is C19H22F3NOS. The van der Waals surface area contributed by atoms with Gasteiger partial charge in [0.15, 0.2) is 0 Å². The fourth-order valence-electron chi connectivity index (χ4n) is 1.71. The average Bonchev–Trinajstić information content (AvgIpc) is 2.57. The van der Waals surface area contributed by atoms with Gasteiger partial charge >= 0.3 is 6.36 Å². The Hall–Kier alpha value is -1.92. The van der Waals surface area contributed by atoms with Crippen molar-refractivity contribution < 1.29 is 17.9 Å². The second kappa shape index (κ2) is 11.6. The van der Waals surface area contributed by atoms with Crippen LogP contribution in [0.1, 0.15) is 25.3 Å². The molecule has 0 spiro atoms. The zero-order valence-corrected chi connectivity index (χ0v) is 14.9. The van der Waals surface area contributed by atoms with Crippen molar-refractivity contribution in [3.8, 4) is 5.75 Å². The summed E-state index contributed by atoms with van der Waals surface area (Å²) in [4.78, 5) is 0.815. The van der Waals surface area contributed by atoms with E-state index in [1.807, 2.05) is 36.4 Å². The Balaban J connectivity index is 0.000000550. The quantitative estimate of drug-likeness (QED) is 0.453. The second-order valence-electron chi connectivity index (χ2n) is 5.01. The van der Waals surface area contributed by atoms with Crippen LogP contribution in [0.2, 0.25) is 0 Å². The summed E-state index contributed by atoms with van der Waals surface area (Å²) in [5.74, 6) is -0.218. The molecule has 2 aromatic carbocycles. The van der Waals surface area contributed by atoms with Crippen LogP contribution in [-0.4, -0.2) is 6.36 Å². The highest BCUT2D eigenvalue weighted by Gasteiger charge is 2.30. The van der Waals surface area contributed by atoms with Gasteiger partial charge in [0.1, 0.15) is 5.75 Å². The molecule has 0 saturated carbocycles. The molecule has 0 fully saturated rings. The normalized spacial score (nSPS) is 10.6. The number of allylic oxidation sites excluding steroid dienone is 1. The van der Waals surface area contributed by atoms with Gasteiger partial charge in [-0.15, -0.1) is 19.8 Å². The summed E-state index contributed by atoms with van der Waals surface area (Å²) in [5, 5.41) is 0. The molecule has 0 unspecified atom stereocenters. The van der Waals surface area contributed by atoms with E-state index in [1.54, 1.807) is 12.1 Å². The van der Waals surface area contributed by atoms with Crippen molar-refractivity contribution in [2.75, 3.05) is 0 Å². The topological polar surface area (TPSA) is 21.3 Å². The highest BCUT2D eigenvalue weighted by molar-refractivity contribution is 7.97. The van der Waals surface area contributed by atoms with Gasteiger partial charge in [-0.05, 0) is 48.2 Å². The van der Waals surface area contributed by atoms with Crippen LogP contribution in [-0.2, 0) is 6.54 Å². The summed E-state index contributed by atoms with van der Waals surface area (Å²) in [5.41, 5.74) is 1.14. The fraction of sp³-hybridized carbons (Fsp3) is 0.263. The molecule has 0 bridgehead atoms. The van der Waals surface area contributed by atoms with Gasteiger partial charge in [-0.1, -0.05) is 49.8 Å². The van der Waals surface area contributed by atoms with Crippen molar-refractivity contribution in [1.29, 1.82) is 0 Å². The number of ether oxygens (including phenoxy) is 1. The molecule has 2 aromatic rings. The number of unbranched alkanes of at least 4 members (excludes halogenated alkanes) is 1. The first kappa shape index (κ1) is 21.1. The lowest BCUT2D eigenvalue weighted by atomic mass is 10.2. The fourth-order valence-corrected chi connectivity index (χ4v) is 2.39. The maximum Gasteiger partial charge on any atom is 0.573 e. The number of hydrogen-bond acceptors (Lipinski definition) is 3. The Morgan fingerprint density at radius 3 is 2.20 bits per heavy atom. The molecule has 0 aliphatic heterocycles. The Morgan fingerprint density at radius 1 is 1.08 bits per heavy atom. The second-order valence-corrected chi connectivity index (χ2v) is 5.97.